The maximum Gasteiger partial charge on any atom is 0.416 e. The first-order valence-electron chi connectivity index (χ1n) is 7.62. The molecule has 0 radical (unpaired) electrons. The van der Waals surface area contributed by atoms with Crippen molar-refractivity contribution in [1.29, 1.82) is 0 Å². The molecule has 0 aliphatic carbocycles. The van der Waals surface area contributed by atoms with E-state index in [1.54, 1.807) is 16.9 Å². The van der Waals surface area contributed by atoms with Crippen LogP contribution < -0.4 is 10.2 Å². The third-order valence-electron chi connectivity index (χ3n) is 4.15. The smallest absolute Gasteiger partial charge is 0.378 e. The van der Waals surface area contributed by atoms with Gasteiger partial charge in [0.25, 0.3) is 0 Å². The van der Waals surface area contributed by atoms with Gasteiger partial charge in [-0.2, -0.15) is 18.3 Å². The number of hydrogen-bond acceptors (Lipinski definition) is 3. The van der Waals surface area contributed by atoms with E-state index in [2.05, 4.69) is 15.3 Å². The third-order valence-corrected chi connectivity index (χ3v) is 4.15. The summed E-state index contributed by atoms with van der Waals surface area (Å²) < 4.78 is 40.7. The summed E-state index contributed by atoms with van der Waals surface area (Å²) in [6.45, 7) is 2.19. The molecule has 1 aromatic heterocycles. The van der Waals surface area contributed by atoms with Gasteiger partial charge < -0.3 is 10.2 Å². The SMILES string of the molecule is Cn1nccc1CNc1cc(C(F)(F)F)ccc1N1CCCC1. The second kappa shape index (κ2) is 6.14. The van der Waals surface area contributed by atoms with Crippen molar-refractivity contribution in [3.8, 4) is 0 Å². The summed E-state index contributed by atoms with van der Waals surface area (Å²) in [5.74, 6) is 0. The van der Waals surface area contributed by atoms with Crippen LogP contribution in [0.1, 0.15) is 24.1 Å². The summed E-state index contributed by atoms with van der Waals surface area (Å²) in [4.78, 5) is 2.13. The Balaban J connectivity index is 1.88. The summed E-state index contributed by atoms with van der Waals surface area (Å²) in [6.07, 6.45) is -0.526. The van der Waals surface area contributed by atoms with Gasteiger partial charge in [0.05, 0.1) is 29.2 Å². The Morgan fingerprint density at radius 3 is 2.52 bits per heavy atom. The number of alkyl halides is 3. The quantitative estimate of drug-likeness (QED) is 0.932. The Hall–Kier alpha value is -2.18. The van der Waals surface area contributed by atoms with E-state index in [-0.39, 0.29) is 0 Å². The highest BCUT2D eigenvalue weighted by Gasteiger charge is 2.31. The fourth-order valence-corrected chi connectivity index (χ4v) is 2.85. The third kappa shape index (κ3) is 3.43. The first-order chi connectivity index (χ1) is 10.9. The molecule has 0 amide bonds. The number of nitrogens with one attached hydrogen (secondary N) is 1. The van der Waals surface area contributed by atoms with E-state index >= 15 is 0 Å². The van der Waals surface area contributed by atoms with E-state index in [9.17, 15) is 13.2 Å². The van der Waals surface area contributed by atoms with Crippen LogP contribution in [0.25, 0.3) is 0 Å². The van der Waals surface area contributed by atoms with Gasteiger partial charge in [-0.15, -0.1) is 0 Å². The molecule has 1 aromatic carbocycles. The van der Waals surface area contributed by atoms with Crippen LogP contribution in [0.2, 0.25) is 0 Å². The van der Waals surface area contributed by atoms with Crippen LogP contribution in [0.4, 0.5) is 24.5 Å². The average molecular weight is 324 g/mol. The lowest BCUT2D eigenvalue weighted by Crippen LogP contribution is -2.20. The number of aromatic nitrogens is 2. The molecule has 0 saturated carbocycles. The van der Waals surface area contributed by atoms with Gasteiger partial charge in [-0.1, -0.05) is 0 Å². The van der Waals surface area contributed by atoms with Crippen LogP contribution in [0.5, 0.6) is 0 Å². The predicted molar refractivity (Wildman–Crippen MR) is 83.4 cm³/mol. The van der Waals surface area contributed by atoms with Crippen LogP contribution in [0.15, 0.2) is 30.5 Å². The van der Waals surface area contributed by atoms with Crippen molar-refractivity contribution < 1.29 is 13.2 Å². The minimum Gasteiger partial charge on any atom is -0.378 e. The molecular formula is C16H19F3N4. The fraction of sp³-hybridized carbons (Fsp3) is 0.438. The van der Waals surface area contributed by atoms with Crippen molar-refractivity contribution in [1.82, 2.24) is 9.78 Å². The zero-order valence-electron chi connectivity index (χ0n) is 12.9. The first-order valence-corrected chi connectivity index (χ1v) is 7.62. The molecule has 2 heterocycles. The minimum atomic E-state index is -4.34. The molecule has 4 nitrogen and oxygen atoms in total. The molecule has 1 aliphatic heterocycles. The highest BCUT2D eigenvalue weighted by Crippen LogP contribution is 2.36. The maximum atomic E-state index is 13.0. The summed E-state index contributed by atoms with van der Waals surface area (Å²) in [5, 5.41) is 7.22. The Kier molecular flexibility index (Phi) is 4.19. The number of rotatable bonds is 4. The van der Waals surface area contributed by atoms with E-state index in [0.29, 0.717) is 12.2 Å². The highest BCUT2D eigenvalue weighted by atomic mass is 19.4. The van der Waals surface area contributed by atoms with E-state index < -0.39 is 11.7 Å². The monoisotopic (exact) mass is 324 g/mol. The molecule has 0 atom stereocenters. The molecule has 7 heteroatoms. The van der Waals surface area contributed by atoms with Gasteiger partial charge >= 0.3 is 6.18 Å². The summed E-state index contributed by atoms with van der Waals surface area (Å²) in [6, 6.07) is 5.77. The second-order valence-corrected chi connectivity index (χ2v) is 5.72. The summed E-state index contributed by atoms with van der Waals surface area (Å²) in [5.41, 5.74) is 1.63. The summed E-state index contributed by atoms with van der Waals surface area (Å²) in [7, 11) is 1.81. The van der Waals surface area contributed by atoms with Gasteiger partial charge in [0, 0.05) is 26.3 Å². The fourth-order valence-electron chi connectivity index (χ4n) is 2.85. The lowest BCUT2D eigenvalue weighted by atomic mass is 10.1. The van der Waals surface area contributed by atoms with Crippen LogP contribution in [-0.2, 0) is 19.8 Å². The normalized spacial score (nSPS) is 15.2. The Morgan fingerprint density at radius 2 is 1.91 bits per heavy atom. The molecular weight excluding hydrogens is 305 g/mol. The number of nitrogens with zero attached hydrogens (tertiary/aromatic N) is 3. The Labute approximate surface area is 132 Å². The van der Waals surface area contributed by atoms with Crippen molar-refractivity contribution in [2.75, 3.05) is 23.3 Å². The minimum absolute atomic E-state index is 0.429. The molecule has 124 valence electrons. The molecule has 1 fully saturated rings. The molecule has 3 rings (SSSR count). The largest absolute Gasteiger partial charge is 0.416 e. The van der Waals surface area contributed by atoms with Gasteiger partial charge in [-0.05, 0) is 37.1 Å². The topological polar surface area (TPSA) is 33.1 Å². The van der Waals surface area contributed by atoms with Crippen LogP contribution in [0, 0.1) is 0 Å². The van der Waals surface area contributed by atoms with Gasteiger partial charge in [0.15, 0.2) is 0 Å². The highest BCUT2D eigenvalue weighted by molar-refractivity contribution is 5.71. The van der Waals surface area contributed by atoms with Gasteiger partial charge in [0.1, 0.15) is 0 Å². The second-order valence-electron chi connectivity index (χ2n) is 5.72. The molecule has 2 aromatic rings. The molecule has 23 heavy (non-hydrogen) atoms. The van der Waals surface area contributed by atoms with Gasteiger partial charge in [0.2, 0.25) is 0 Å². The average Bonchev–Trinajstić information content (AvgIpc) is 3.15. The Bertz CT molecular complexity index is 672. The molecule has 1 aliphatic rings. The lowest BCUT2D eigenvalue weighted by molar-refractivity contribution is -0.137. The van der Waals surface area contributed by atoms with Crippen molar-refractivity contribution in [3.05, 3.63) is 41.7 Å². The van der Waals surface area contributed by atoms with E-state index in [1.165, 1.54) is 6.07 Å². The molecule has 0 bridgehead atoms. The van der Waals surface area contributed by atoms with Gasteiger partial charge in [-0.25, -0.2) is 0 Å². The molecule has 1 N–H and O–H groups in total. The van der Waals surface area contributed by atoms with Gasteiger partial charge in [-0.3, -0.25) is 4.68 Å². The standard InChI is InChI=1S/C16H19F3N4/c1-22-13(6-7-21-22)11-20-14-10-12(16(17,18)19)4-5-15(14)23-8-2-3-9-23/h4-7,10,20H,2-3,8-9,11H2,1H3. The zero-order chi connectivity index (χ0) is 16.4. The van der Waals surface area contributed by atoms with Crippen molar-refractivity contribution in [3.63, 3.8) is 0 Å². The molecule has 0 unspecified atom stereocenters. The van der Waals surface area contributed by atoms with Crippen LogP contribution >= 0.6 is 0 Å². The number of aryl methyl sites for hydroxylation is 1. The molecule has 1 saturated heterocycles. The first kappa shape index (κ1) is 15.7. The van der Waals surface area contributed by atoms with E-state index in [4.69, 9.17) is 0 Å². The zero-order valence-corrected chi connectivity index (χ0v) is 12.9. The van der Waals surface area contributed by atoms with Crippen LogP contribution in [0.3, 0.4) is 0 Å². The van der Waals surface area contributed by atoms with Crippen LogP contribution in [-0.4, -0.2) is 22.9 Å². The number of hydrogen-bond donors (Lipinski definition) is 1. The number of halogens is 3. The molecule has 0 spiro atoms. The number of anilines is 2. The number of benzene rings is 1. The van der Waals surface area contributed by atoms with Crippen molar-refractivity contribution in [2.45, 2.75) is 25.6 Å². The van der Waals surface area contributed by atoms with Crippen molar-refractivity contribution >= 4 is 11.4 Å². The lowest BCUT2D eigenvalue weighted by Gasteiger charge is -2.23. The Morgan fingerprint density at radius 1 is 1.17 bits per heavy atom. The van der Waals surface area contributed by atoms with E-state index in [0.717, 1.165) is 43.4 Å². The summed E-state index contributed by atoms with van der Waals surface area (Å²) >= 11 is 0. The predicted octanol–water partition coefficient (Wildman–Crippen LogP) is 3.65. The van der Waals surface area contributed by atoms with Crippen molar-refractivity contribution in [2.24, 2.45) is 7.05 Å². The maximum absolute atomic E-state index is 13.0. The van der Waals surface area contributed by atoms with E-state index in [1.807, 2.05) is 13.1 Å².